The summed E-state index contributed by atoms with van der Waals surface area (Å²) in [6.45, 7) is 4.34. The van der Waals surface area contributed by atoms with Crippen LogP contribution >= 0.6 is 0 Å². The van der Waals surface area contributed by atoms with Gasteiger partial charge in [-0.15, -0.1) is 0 Å². The summed E-state index contributed by atoms with van der Waals surface area (Å²) in [4.78, 5) is 10.5. The predicted octanol–water partition coefficient (Wildman–Crippen LogP) is 5.08. The molecular formula is C22H40O4. The Labute approximate surface area is 159 Å². The molecule has 1 saturated carbocycles. The molecule has 152 valence electrons. The van der Waals surface area contributed by atoms with Crippen LogP contribution in [0.3, 0.4) is 0 Å². The van der Waals surface area contributed by atoms with Crippen molar-refractivity contribution in [2.75, 3.05) is 0 Å². The Kier molecular flexibility index (Phi) is 11.9. The van der Waals surface area contributed by atoms with E-state index in [0.717, 1.165) is 57.8 Å². The lowest BCUT2D eigenvalue weighted by Crippen LogP contribution is -2.20. The fourth-order valence-corrected chi connectivity index (χ4v) is 4.17. The largest absolute Gasteiger partial charge is 0.481 e. The Morgan fingerprint density at radius 3 is 2.58 bits per heavy atom. The van der Waals surface area contributed by atoms with Crippen molar-refractivity contribution in [3.05, 3.63) is 11.6 Å². The molecule has 0 aromatic carbocycles. The molecule has 0 radical (unpaired) electrons. The number of aliphatic carboxylic acids is 1. The molecule has 0 saturated heterocycles. The Balaban J connectivity index is 2.40. The zero-order chi connectivity index (χ0) is 19.4. The van der Waals surface area contributed by atoms with E-state index in [9.17, 15) is 15.0 Å². The van der Waals surface area contributed by atoms with Crippen LogP contribution < -0.4 is 0 Å². The van der Waals surface area contributed by atoms with Crippen LogP contribution in [0.4, 0.5) is 0 Å². The first-order valence-corrected chi connectivity index (χ1v) is 10.8. The van der Waals surface area contributed by atoms with E-state index in [-0.39, 0.29) is 24.5 Å². The van der Waals surface area contributed by atoms with Crippen molar-refractivity contribution >= 4 is 5.97 Å². The molecular weight excluding hydrogens is 328 g/mol. The van der Waals surface area contributed by atoms with Crippen LogP contribution in [0.2, 0.25) is 0 Å². The van der Waals surface area contributed by atoms with E-state index in [2.05, 4.69) is 19.9 Å². The van der Waals surface area contributed by atoms with Gasteiger partial charge in [-0.2, -0.15) is 0 Å². The quantitative estimate of drug-likeness (QED) is 0.295. The summed E-state index contributed by atoms with van der Waals surface area (Å²) in [5, 5.41) is 29.5. The van der Waals surface area contributed by atoms with Gasteiger partial charge in [-0.1, -0.05) is 64.0 Å². The van der Waals surface area contributed by atoms with Gasteiger partial charge in [-0.25, -0.2) is 0 Å². The molecule has 0 aliphatic heterocycles. The topological polar surface area (TPSA) is 77.8 Å². The van der Waals surface area contributed by atoms with Gasteiger partial charge in [-0.3, -0.25) is 4.79 Å². The standard InChI is InChI=1S/C22H40O4/c1-3-5-10-17(4-2)20(23)15-13-18-14-16-21(24)19(18)11-8-6-7-9-12-22(25)26/h13,17,19-21,23-24H,3-12,14-16H2,1-2H3,(H,25,26)/t17?,19-,20?,21+/m1/s1. The molecule has 1 fully saturated rings. The van der Waals surface area contributed by atoms with Crippen LogP contribution in [-0.4, -0.2) is 33.5 Å². The Bertz CT molecular complexity index is 418. The van der Waals surface area contributed by atoms with Gasteiger partial charge in [0.2, 0.25) is 0 Å². The highest BCUT2D eigenvalue weighted by molar-refractivity contribution is 5.66. The number of aliphatic hydroxyl groups is 2. The molecule has 4 atom stereocenters. The molecule has 1 rings (SSSR count). The van der Waals surface area contributed by atoms with Gasteiger partial charge < -0.3 is 15.3 Å². The summed E-state index contributed by atoms with van der Waals surface area (Å²) in [5.74, 6) is -0.104. The minimum atomic E-state index is -0.718. The van der Waals surface area contributed by atoms with Crippen LogP contribution in [0.1, 0.15) is 97.3 Å². The number of carbonyl (C=O) groups is 1. The molecule has 4 nitrogen and oxygen atoms in total. The minimum Gasteiger partial charge on any atom is -0.481 e. The van der Waals surface area contributed by atoms with Gasteiger partial charge in [0, 0.05) is 12.3 Å². The summed E-state index contributed by atoms with van der Waals surface area (Å²) < 4.78 is 0. The van der Waals surface area contributed by atoms with Gasteiger partial charge in [0.05, 0.1) is 12.2 Å². The molecule has 4 heteroatoms. The van der Waals surface area contributed by atoms with E-state index in [4.69, 9.17) is 5.11 Å². The number of unbranched alkanes of at least 4 members (excludes halogenated alkanes) is 4. The van der Waals surface area contributed by atoms with Crippen molar-refractivity contribution in [2.45, 2.75) is 110 Å². The molecule has 0 heterocycles. The third kappa shape index (κ3) is 8.68. The summed E-state index contributed by atoms with van der Waals surface area (Å²) >= 11 is 0. The maximum absolute atomic E-state index is 10.5. The zero-order valence-corrected chi connectivity index (χ0v) is 16.8. The number of carboxylic acid groups (broad SMARTS) is 1. The average molecular weight is 369 g/mol. The van der Waals surface area contributed by atoms with Crippen LogP contribution in [0.25, 0.3) is 0 Å². The van der Waals surface area contributed by atoms with E-state index in [1.165, 1.54) is 18.4 Å². The van der Waals surface area contributed by atoms with Gasteiger partial charge >= 0.3 is 5.97 Å². The first-order chi connectivity index (χ1) is 12.5. The Morgan fingerprint density at radius 2 is 1.92 bits per heavy atom. The third-order valence-corrected chi connectivity index (χ3v) is 5.94. The first-order valence-electron chi connectivity index (χ1n) is 10.8. The van der Waals surface area contributed by atoms with E-state index in [0.29, 0.717) is 12.3 Å². The second-order valence-electron chi connectivity index (χ2n) is 7.95. The smallest absolute Gasteiger partial charge is 0.303 e. The molecule has 1 aliphatic carbocycles. The van der Waals surface area contributed by atoms with E-state index >= 15 is 0 Å². The Hall–Kier alpha value is -0.870. The lowest BCUT2D eigenvalue weighted by molar-refractivity contribution is -0.137. The molecule has 0 aromatic rings. The molecule has 2 unspecified atom stereocenters. The molecule has 0 spiro atoms. The zero-order valence-electron chi connectivity index (χ0n) is 16.8. The SMILES string of the molecule is CCCCC(CC)C(O)CC=C1CC[C@H](O)[C@@H]1CCCCCCC(=O)O. The molecule has 0 aromatic heterocycles. The van der Waals surface area contributed by atoms with Crippen LogP contribution in [-0.2, 0) is 4.79 Å². The molecule has 3 N–H and O–H groups in total. The maximum atomic E-state index is 10.5. The van der Waals surface area contributed by atoms with E-state index < -0.39 is 5.97 Å². The molecule has 26 heavy (non-hydrogen) atoms. The fourth-order valence-electron chi connectivity index (χ4n) is 4.17. The number of aliphatic hydroxyl groups excluding tert-OH is 2. The average Bonchev–Trinajstić information content (AvgIpc) is 2.96. The van der Waals surface area contributed by atoms with Crippen LogP contribution in [0, 0.1) is 11.8 Å². The van der Waals surface area contributed by atoms with E-state index in [1.807, 2.05) is 0 Å². The summed E-state index contributed by atoms with van der Waals surface area (Å²) in [6.07, 6.45) is 13.6. The van der Waals surface area contributed by atoms with Gasteiger partial charge in [0.25, 0.3) is 0 Å². The van der Waals surface area contributed by atoms with Gasteiger partial charge in [-0.05, 0) is 44.4 Å². The predicted molar refractivity (Wildman–Crippen MR) is 106 cm³/mol. The van der Waals surface area contributed by atoms with Crippen LogP contribution in [0.15, 0.2) is 11.6 Å². The van der Waals surface area contributed by atoms with E-state index in [1.54, 1.807) is 0 Å². The lowest BCUT2D eigenvalue weighted by Gasteiger charge is -2.21. The lowest BCUT2D eigenvalue weighted by atomic mass is 9.89. The van der Waals surface area contributed by atoms with Gasteiger partial charge in [0.15, 0.2) is 0 Å². The maximum Gasteiger partial charge on any atom is 0.303 e. The first kappa shape index (κ1) is 23.2. The number of hydrogen-bond donors (Lipinski definition) is 3. The monoisotopic (exact) mass is 368 g/mol. The van der Waals surface area contributed by atoms with Crippen molar-refractivity contribution in [1.82, 2.24) is 0 Å². The normalized spacial score (nSPS) is 24.1. The number of rotatable bonds is 14. The number of carboxylic acids is 1. The van der Waals surface area contributed by atoms with Crippen LogP contribution in [0.5, 0.6) is 0 Å². The van der Waals surface area contributed by atoms with Crippen molar-refractivity contribution in [1.29, 1.82) is 0 Å². The highest BCUT2D eigenvalue weighted by Gasteiger charge is 2.29. The molecule has 1 aliphatic rings. The van der Waals surface area contributed by atoms with Crippen molar-refractivity contribution in [2.24, 2.45) is 11.8 Å². The summed E-state index contributed by atoms with van der Waals surface area (Å²) in [6, 6.07) is 0. The highest BCUT2D eigenvalue weighted by atomic mass is 16.4. The number of hydrogen-bond acceptors (Lipinski definition) is 3. The highest BCUT2D eigenvalue weighted by Crippen LogP contribution is 2.36. The third-order valence-electron chi connectivity index (χ3n) is 5.94. The molecule has 0 bridgehead atoms. The summed E-state index contributed by atoms with van der Waals surface area (Å²) in [5.41, 5.74) is 1.33. The second-order valence-corrected chi connectivity index (χ2v) is 7.95. The fraction of sp³-hybridized carbons (Fsp3) is 0.864. The van der Waals surface area contributed by atoms with Crippen molar-refractivity contribution in [3.63, 3.8) is 0 Å². The molecule has 0 amide bonds. The second kappa shape index (κ2) is 13.3. The summed E-state index contributed by atoms with van der Waals surface area (Å²) in [7, 11) is 0. The van der Waals surface area contributed by atoms with Gasteiger partial charge in [0.1, 0.15) is 0 Å². The minimum absolute atomic E-state index is 0.234. The van der Waals surface area contributed by atoms with Crippen molar-refractivity contribution < 1.29 is 20.1 Å². The van der Waals surface area contributed by atoms with Crippen molar-refractivity contribution in [3.8, 4) is 0 Å². The Morgan fingerprint density at radius 1 is 1.19 bits per heavy atom.